The molecule has 0 N–H and O–H groups in total. The van der Waals surface area contributed by atoms with Crippen LogP contribution in [-0.4, -0.2) is 39.2 Å². The summed E-state index contributed by atoms with van der Waals surface area (Å²) in [7, 11) is 6.59. The molecule has 5 nitrogen and oxygen atoms in total. The molecule has 140 valence electrons. The molecule has 0 aliphatic carbocycles. The topological polar surface area (TPSA) is 48.0 Å². The van der Waals surface area contributed by atoms with Gasteiger partial charge in [0.15, 0.2) is 11.5 Å². The van der Waals surface area contributed by atoms with Crippen LogP contribution >= 0.6 is 0 Å². The second-order valence-corrected chi connectivity index (χ2v) is 6.08. The number of carbonyl (C=O) groups is 1. The third kappa shape index (κ3) is 4.28. The Morgan fingerprint density at radius 1 is 0.962 bits per heavy atom. The third-order valence-corrected chi connectivity index (χ3v) is 4.65. The number of hydrogen-bond donors (Lipinski definition) is 0. The number of methoxy groups -OCH3 is 3. The highest BCUT2D eigenvalue weighted by atomic mass is 16.5. The van der Waals surface area contributed by atoms with Gasteiger partial charge in [0, 0.05) is 13.5 Å². The van der Waals surface area contributed by atoms with Crippen molar-refractivity contribution in [2.24, 2.45) is 0 Å². The number of nitrogens with zero attached hydrogens (tertiary/aromatic N) is 1. The van der Waals surface area contributed by atoms with E-state index < -0.39 is 0 Å². The third-order valence-electron chi connectivity index (χ3n) is 4.65. The number of benzene rings is 2. The summed E-state index contributed by atoms with van der Waals surface area (Å²) in [6.07, 6.45) is 0.952. The first-order valence-electron chi connectivity index (χ1n) is 8.61. The minimum Gasteiger partial charge on any atom is -0.493 e. The van der Waals surface area contributed by atoms with Crippen molar-refractivity contribution in [3.05, 3.63) is 53.6 Å². The number of amides is 1. The van der Waals surface area contributed by atoms with Crippen molar-refractivity contribution in [3.8, 4) is 17.2 Å². The molecule has 0 saturated carbocycles. The van der Waals surface area contributed by atoms with Crippen LogP contribution in [0.4, 0.5) is 0 Å². The smallest absolute Gasteiger partial charge is 0.223 e. The Bertz CT molecular complexity index is 730. The molecular formula is C21H27NO4. The Morgan fingerprint density at radius 2 is 1.62 bits per heavy atom. The first kappa shape index (κ1) is 19.6. The molecule has 0 heterocycles. The van der Waals surface area contributed by atoms with E-state index in [0.717, 1.165) is 11.1 Å². The molecule has 2 aromatic carbocycles. The Labute approximate surface area is 155 Å². The molecule has 2 aromatic rings. The number of carbonyl (C=O) groups excluding carboxylic acids is 1. The fourth-order valence-electron chi connectivity index (χ4n) is 2.95. The lowest BCUT2D eigenvalue weighted by Gasteiger charge is -2.25. The summed E-state index contributed by atoms with van der Waals surface area (Å²) in [5.74, 6) is 1.84. The first-order valence-corrected chi connectivity index (χ1v) is 8.61. The minimum atomic E-state index is 0.0241. The largest absolute Gasteiger partial charge is 0.493 e. The number of aryl methyl sites for hydroxylation is 1. The Balaban J connectivity index is 2.09. The van der Waals surface area contributed by atoms with E-state index in [0.29, 0.717) is 30.1 Å². The Hall–Kier alpha value is -2.69. The molecule has 0 bridgehead atoms. The van der Waals surface area contributed by atoms with Gasteiger partial charge in [-0.15, -0.1) is 0 Å². The summed E-state index contributed by atoms with van der Waals surface area (Å²) in [6, 6.07) is 13.8. The predicted octanol–water partition coefficient (Wildman–Crippen LogP) is 3.86. The van der Waals surface area contributed by atoms with E-state index in [1.165, 1.54) is 0 Å². The second kappa shape index (κ2) is 9.13. The lowest BCUT2D eigenvalue weighted by Crippen LogP contribution is -2.29. The van der Waals surface area contributed by atoms with Crippen LogP contribution in [0.1, 0.15) is 30.5 Å². The van der Waals surface area contributed by atoms with Crippen LogP contribution < -0.4 is 14.2 Å². The maximum Gasteiger partial charge on any atom is 0.223 e. The van der Waals surface area contributed by atoms with E-state index in [4.69, 9.17) is 14.2 Å². The van der Waals surface area contributed by atoms with Gasteiger partial charge in [0.25, 0.3) is 0 Å². The fraction of sp³-hybridized carbons (Fsp3) is 0.381. The van der Waals surface area contributed by atoms with E-state index in [-0.39, 0.29) is 11.9 Å². The van der Waals surface area contributed by atoms with Crippen LogP contribution in [-0.2, 0) is 11.2 Å². The lowest BCUT2D eigenvalue weighted by atomic mass is 10.0. The molecule has 0 radical (unpaired) electrons. The molecule has 1 amide bonds. The van der Waals surface area contributed by atoms with Crippen LogP contribution in [0, 0.1) is 0 Å². The molecule has 5 heteroatoms. The molecular weight excluding hydrogens is 330 g/mol. The van der Waals surface area contributed by atoms with Gasteiger partial charge in [-0.05, 0) is 30.5 Å². The van der Waals surface area contributed by atoms with Gasteiger partial charge in [-0.1, -0.05) is 36.4 Å². The molecule has 0 fully saturated rings. The molecule has 1 atom stereocenters. The fourth-order valence-corrected chi connectivity index (χ4v) is 2.95. The highest BCUT2D eigenvalue weighted by Crippen LogP contribution is 2.40. The molecule has 1 unspecified atom stereocenters. The molecule has 0 spiro atoms. The normalized spacial score (nSPS) is 11.6. The zero-order valence-electron chi connectivity index (χ0n) is 16.1. The average Bonchev–Trinajstić information content (AvgIpc) is 2.70. The summed E-state index contributed by atoms with van der Waals surface area (Å²) < 4.78 is 16.2. The summed E-state index contributed by atoms with van der Waals surface area (Å²) in [5.41, 5.74) is 2.03. The van der Waals surface area contributed by atoms with Crippen molar-refractivity contribution < 1.29 is 19.0 Å². The SMILES string of the molecule is COc1ccc(CCC(=O)N(C)C(C)c2ccccc2)c(OC)c1OC. The predicted molar refractivity (Wildman–Crippen MR) is 102 cm³/mol. The van der Waals surface area contributed by atoms with Crippen LogP contribution in [0.15, 0.2) is 42.5 Å². The highest BCUT2D eigenvalue weighted by Gasteiger charge is 2.20. The first-order chi connectivity index (χ1) is 12.5. The van der Waals surface area contributed by atoms with E-state index >= 15 is 0 Å². The van der Waals surface area contributed by atoms with Crippen LogP contribution in [0.2, 0.25) is 0 Å². The Kier molecular flexibility index (Phi) is 6.89. The van der Waals surface area contributed by atoms with Crippen molar-refractivity contribution in [1.29, 1.82) is 0 Å². The zero-order valence-corrected chi connectivity index (χ0v) is 16.1. The standard InChI is InChI=1S/C21H27NO4/c1-15(16-9-7-6-8-10-16)22(2)19(23)14-12-17-11-13-18(24-3)21(26-5)20(17)25-4/h6-11,13,15H,12,14H2,1-5H3. The van der Waals surface area contributed by atoms with Gasteiger partial charge in [0.2, 0.25) is 11.7 Å². The maximum atomic E-state index is 12.6. The molecule has 0 saturated heterocycles. The van der Waals surface area contributed by atoms with Crippen LogP contribution in [0.3, 0.4) is 0 Å². The lowest BCUT2D eigenvalue weighted by molar-refractivity contribution is -0.131. The average molecular weight is 357 g/mol. The molecule has 0 aliphatic rings. The van der Waals surface area contributed by atoms with Gasteiger partial charge in [-0.25, -0.2) is 0 Å². The Morgan fingerprint density at radius 3 is 2.19 bits per heavy atom. The summed E-state index contributed by atoms with van der Waals surface area (Å²) >= 11 is 0. The van der Waals surface area contributed by atoms with Gasteiger partial charge in [0.05, 0.1) is 27.4 Å². The van der Waals surface area contributed by atoms with Gasteiger partial charge in [-0.2, -0.15) is 0 Å². The van der Waals surface area contributed by atoms with Crippen molar-refractivity contribution in [1.82, 2.24) is 4.90 Å². The van der Waals surface area contributed by atoms with E-state index in [1.54, 1.807) is 26.2 Å². The zero-order chi connectivity index (χ0) is 19.1. The molecule has 26 heavy (non-hydrogen) atoms. The monoisotopic (exact) mass is 357 g/mol. The minimum absolute atomic E-state index is 0.0241. The second-order valence-electron chi connectivity index (χ2n) is 6.08. The van der Waals surface area contributed by atoms with Crippen molar-refractivity contribution >= 4 is 5.91 Å². The van der Waals surface area contributed by atoms with Crippen LogP contribution in [0.5, 0.6) is 17.2 Å². The van der Waals surface area contributed by atoms with E-state index in [9.17, 15) is 4.79 Å². The summed E-state index contributed by atoms with van der Waals surface area (Å²) in [5, 5.41) is 0. The number of ether oxygens (including phenoxy) is 3. The summed E-state index contributed by atoms with van der Waals surface area (Å²) in [6.45, 7) is 2.03. The molecule has 0 aromatic heterocycles. The van der Waals surface area contributed by atoms with Gasteiger partial charge < -0.3 is 19.1 Å². The molecule has 0 aliphatic heterocycles. The van der Waals surface area contributed by atoms with E-state index in [1.807, 2.05) is 56.4 Å². The quantitative estimate of drug-likeness (QED) is 0.720. The van der Waals surface area contributed by atoms with Gasteiger partial charge in [0.1, 0.15) is 0 Å². The highest BCUT2D eigenvalue weighted by molar-refractivity contribution is 5.77. The number of hydrogen-bond acceptors (Lipinski definition) is 4. The summed E-state index contributed by atoms with van der Waals surface area (Å²) in [4.78, 5) is 14.4. The maximum absolute atomic E-state index is 12.6. The number of rotatable bonds is 8. The van der Waals surface area contributed by atoms with Crippen molar-refractivity contribution in [3.63, 3.8) is 0 Å². The molecule has 2 rings (SSSR count). The van der Waals surface area contributed by atoms with Crippen molar-refractivity contribution in [2.75, 3.05) is 28.4 Å². The van der Waals surface area contributed by atoms with Crippen molar-refractivity contribution in [2.45, 2.75) is 25.8 Å². The van der Waals surface area contributed by atoms with Gasteiger partial charge >= 0.3 is 0 Å². The van der Waals surface area contributed by atoms with Gasteiger partial charge in [-0.3, -0.25) is 4.79 Å². The van der Waals surface area contributed by atoms with E-state index in [2.05, 4.69) is 0 Å². The van der Waals surface area contributed by atoms with Crippen LogP contribution in [0.25, 0.3) is 0 Å².